The number of rotatable bonds is 2. The number of nitrogens with zero attached hydrogens (tertiary/aromatic N) is 1. The first kappa shape index (κ1) is 13.9. The quantitative estimate of drug-likeness (QED) is 0.555. The molecule has 0 fully saturated rings. The van der Waals surface area contributed by atoms with E-state index in [1.807, 2.05) is 54.6 Å². The number of hydrogen-bond acceptors (Lipinski definition) is 1. The van der Waals surface area contributed by atoms with E-state index in [0.29, 0.717) is 5.02 Å². The largest absolute Gasteiger partial charge is 0.478 e. The van der Waals surface area contributed by atoms with E-state index in [9.17, 15) is 9.90 Å². The number of para-hydroxylation sites is 1. The van der Waals surface area contributed by atoms with Crippen molar-refractivity contribution in [3.63, 3.8) is 0 Å². The highest BCUT2D eigenvalue weighted by atomic mass is 35.5. The summed E-state index contributed by atoms with van der Waals surface area (Å²) in [5.41, 5.74) is 3.28. The topological polar surface area (TPSA) is 42.2 Å². The van der Waals surface area contributed by atoms with Crippen LogP contribution in [0.1, 0.15) is 10.4 Å². The summed E-state index contributed by atoms with van der Waals surface area (Å²) in [6.07, 6.45) is 0. The molecule has 4 heteroatoms. The van der Waals surface area contributed by atoms with Crippen molar-refractivity contribution < 1.29 is 9.90 Å². The lowest BCUT2D eigenvalue weighted by molar-refractivity contribution is 0.0697. The number of halogens is 1. The van der Waals surface area contributed by atoms with Crippen molar-refractivity contribution in [2.75, 3.05) is 0 Å². The molecule has 0 amide bonds. The van der Waals surface area contributed by atoms with Gasteiger partial charge in [0.25, 0.3) is 0 Å². The smallest absolute Gasteiger partial charge is 0.335 e. The van der Waals surface area contributed by atoms with Crippen LogP contribution in [-0.2, 0) is 0 Å². The van der Waals surface area contributed by atoms with E-state index in [0.717, 1.165) is 27.5 Å². The number of benzene rings is 3. The Balaban J connectivity index is 2.13. The fourth-order valence-corrected chi connectivity index (χ4v) is 3.10. The third kappa shape index (κ3) is 2.17. The monoisotopic (exact) mass is 321 g/mol. The summed E-state index contributed by atoms with van der Waals surface area (Å²) in [5.74, 6) is -0.921. The average Bonchev–Trinajstić information content (AvgIpc) is 2.89. The summed E-state index contributed by atoms with van der Waals surface area (Å²) in [6.45, 7) is 0. The number of carboxylic acid groups (broad SMARTS) is 1. The van der Waals surface area contributed by atoms with E-state index < -0.39 is 5.97 Å². The molecule has 0 saturated heterocycles. The maximum absolute atomic E-state index is 11.3. The summed E-state index contributed by atoms with van der Waals surface area (Å²) in [4.78, 5) is 11.3. The zero-order valence-corrected chi connectivity index (χ0v) is 12.8. The molecule has 0 spiro atoms. The average molecular weight is 322 g/mol. The van der Waals surface area contributed by atoms with Crippen LogP contribution < -0.4 is 0 Å². The molecule has 3 nitrogen and oxygen atoms in total. The van der Waals surface area contributed by atoms with Crippen molar-refractivity contribution in [3.8, 4) is 5.69 Å². The van der Waals surface area contributed by atoms with E-state index in [1.54, 1.807) is 12.1 Å². The van der Waals surface area contributed by atoms with Gasteiger partial charge in [-0.15, -0.1) is 0 Å². The summed E-state index contributed by atoms with van der Waals surface area (Å²) >= 11 is 5.99. The third-order valence-electron chi connectivity index (χ3n) is 4.00. The van der Waals surface area contributed by atoms with Crippen LogP contribution >= 0.6 is 11.6 Å². The molecule has 0 atom stereocenters. The SMILES string of the molecule is O=C(O)c1ccc2c(c1)c1ccccc1n2-c1ccc(Cl)cc1. The molecule has 0 saturated carbocycles. The van der Waals surface area contributed by atoms with Crippen molar-refractivity contribution >= 4 is 39.4 Å². The maximum Gasteiger partial charge on any atom is 0.335 e. The maximum atomic E-state index is 11.3. The van der Waals surface area contributed by atoms with Crippen LogP contribution in [0.5, 0.6) is 0 Å². The molecule has 0 aliphatic rings. The highest BCUT2D eigenvalue weighted by Crippen LogP contribution is 2.32. The Kier molecular flexibility index (Phi) is 3.10. The first-order chi connectivity index (χ1) is 11.1. The molecule has 0 aliphatic carbocycles. The van der Waals surface area contributed by atoms with Crippen molar-refractivity contribution in [1.82, 2.24) is 4.57 Å². The highest BCUT2D eigenvalue weighted by molar-refractivity contribution is 6.30. The molecule has 112 valence electrons. The fourth-order valence-electron chi connectivity index (χ4n) is 2.97. The molecule has 23 heavy (non-hydrogen) atoms. The minimum atomic E-state index is -0.921. The lowest BCUT2D eigenvalue weighted by Crippen LogP contribution is -1.96. The normalized spacial score (nSPS) is 11.2. The fraction of sp³-hybridized carbons (Fsp3) is 0. The molecule has 1 N–H and O–H groups in total. The Morgan fingerprint density at radius 3 is 2.30 bits per heavy atom. The number of carboxylic acids is 1. The molecular weight excluding hydrogens is 310 g/mol. The predicted octanol–water partition coefficient (Wildman–Crippen LogP) is 5.14. The molecule has 4 rings (SSSR count). The van der Waals surface area contributed by atoms with Crippen LogP contribution in [0.15, 0.2) is 66.7 Å². The van der Waals surface area contributed by atoms with Gasteiger partial charge >= 0.3 is 5.97 Å². The zero-order valence-electron chi connectivity index (χ0n) is 12.0. The van der Waals surface area contributed by atoms with Crippen LogP contribution in [0.3, 0.4) is 0 Å². The lowest BCUT2D eigenvalue weighted by atomic mass is 10.1. The van der Waals surface area contributed by atoms with Crippen molar-refractivity contribution in [1.29, 1.82) is 0 Å². The van der Waals surface area contributed by atoms with Crippen LogP contribution in [0.4, 0.5) is 0 Å². The third-order valence-corrected chi connectivity index (χ3v) is 4.26. The van der Waals surface area contributed by atoms with Crippen LogP contribution in [-0.4, -0.2) is 15.6 Å². The molecule has 4 aromatic rings. The Morgan fingerprint density at radius 1 is 0.870 bits per heavy atom. The van der Waals surface area contributed by atoms with Gasteiger partial charge in [0.15, 0.2) is 0 Å². The van der Waals surface area contributed by atoms with Gasteiger partial charge < -0.3 is 9.67 Å². The number of aromatic nitrogens is 1. The second-order valence-electron chi connectivity index (χ2n) is 5.37. The Morgan fingerprint density at radius 2 is 1.57 bits per heavy atom. The Hall–Kier alpha value is -2.78. The molecule has 3 aromatic carbocycles. The number of carbonyl (C=O) groups is 1. The Bertz CT molecular complexity index is 1050. The molecule has 1 aromatic heterocycles. The van der Waals surface area contributed by atoms with E-state index in [2.05, 4.69) is 4.57 Å². The predicted molar refractivity (Wildman–Crippen MR) is 92.8 cm³/mol. The molecule has 1 heterocycles. The van der Waals surface area contributed by atoms with E-state index >= 15 is 0 Å². The van der Waals surface area contributed by atoms with Gasteiger partial charge in [-0.3, -0.25) is 0 Å². The molecule has 0 unspecified atom stereocenters. The van der Waals surface area contributed by atoms with Gasteiger partial charge in [0.05, 0.1) is 16.6 Å². The molecule has 0 radical (unpaired) electrons. The molecule has 0 bridgehead atoms. The minimum absolute atomic E-state index is 0.288. The lowest BCUT2D eigenvalue weighted by Gasteiger charge is -2.07. The summed E-state index contributed by atoms with van der Waals surface area (Å²) in [7, 11) is 0. The van der Waals surface area contributed by atoms with E-state index in [-0.39, 0.29) is 5.56 Å². The minimum Gasteiger partial charge on any atom is -0.478 e. The van der Waals surface area contributed by atoms with Crippen molar-refractivity contribution in [2.45, 2.75) is 0 Å². The van der Waals surface area contributed by atoms with Crippen LogP contribution in [0, 0.1) is 0 Å². The van der Waals surface area contributed by atoms with Crippen molar-refractivity contribution in [2.24, 2.45) is 0 Å². The standard InChI is InChI=1S/C19H12ClNO2/c20-13-6-8-14(9-7-13)21-17-4-2-1-3-15(17)16-11-12(19(22)23)5-10-18(16)21/h1-11H,(H,22,23). The van der Waals surface area contributed by atoms with Gasteiger partial charge in [0, 0.05) is 21.5 Å². The van der Waals surface area contributed by atoms with Gasteiger partial charge in [0.2, 0.25) is 0 Å². The first-order valence-electron chi connectivity index (χ1n) is 7.17. The molecular formula is C19H12ClNO2. The highest BCUT2D eigenvalue weighted by Gasteiger charge is 2.13. The van der Waals surface area contributed by atoms with E-state index in [1.165, 1.54) is 0 Å². The van der Waals surface area contributed by atoms with Gasteiger partial charge in [-0.2, -0.15) is 0 Å². The Labute approximate surface area is 137 Å². The van der Waals surface area contributed by atoms with E-state index in [4.69, 9.17) is 11.6 Å². The molecule has 0 aliphatic heterocycles. The summed E-state index contributed by atoms with van der Waals surface area (Å²) in [5, 5.41) is 11.9. The number of aromatic carboxylic acids is 1. The number of fused-ring (bicyclic) bond motifs is 3. The van der Waals surface area contributed by atoms with Gasteiger partial charge in [-0.1, -0.05) is 29.8 Å². The van der Waals surface area contributed by atoms with Crippen LogP contribution in [0.2, 0.25) is 5.02 Å². The van der Waals surface area contributed by atoms with Gasteiger partial charge in [0.1, 0.15) is 0 Å². The summed E-state index contributed by atoms with van der Waals surface area (Å²) < 4.78 is 2.12. The second-order valence-corrected chi connectivity index (χ2v) is 5.80. The van der Waals surface area contributed by atoms with Gasteiger partial charge in [-0.25, -0.2) is 4.79 Å². The van der Waals surface area contributed by atoms with Crippen LogP contribution in [0.25, 0.3) is 27.5 Å². The zero-order chi connectivity index (χ0) is 16.0. The van der Waals surface area contributed by atoms with Gasteiger partial charge in [-0.05, 0) is 48.5 Å². The number of hydrogen-bond donors (Lipinski definition) is 1. The summed E-state index contributed by atoms with van der Waals surface area (Å²) in [6, 6.07) is 20.8. The van der Waals surface area contributed by atoms with Crippen molar-refractivity contribution in [3.05, 3.63) is 77.3 Å². The second kappa shape index (κ2) is 5.14. The first-order valence-corrected chi connectivity index (χ1v) is 7.55.